The summed E-state index contributed by atoms with van der Waals surface area (Å²) in [5.41, 5.74) is -1.37. The highest BCUT2D eigenvalue weighted by Gasteiger charge is 2.60. The van der Waals surface area contributed by atoms with Gasteiger partial charge in [-0.2, -0.15) is 27.1 Å². The van der Waals surface area contributed by atoms with Crippen LogP contribution in [0.1, 0.15) is 27.4 Å². The van der Waals surface area contributed by atoms with Gasteiger partial charge in [-0.15, -0.1) is 5.10 Å². The van der Waals surface area contributed by atoms with Crippen molar-refractivity contribution in [2.24, 2.45) is 0 Å². The summed E-state index contributed by atoms with van der Waals surface area (Å²) in [7, 11) is 0. The third-order valence-electron chi connectivity index (χ3n) is 4.41. The summed E-state index contributed by atoms with van der Waals surface area (Å²) in [6.45, 7) is 1.64. The molecule has 32 heavy (non-hydrogen) atoms. The number of hydrogen-bond acceptors (Lipinski definition) is 5. The summed E-state index contributed by atoms with van der Waals surface area (Å²) in [6.07, 6.45) is -4.48. The first-order valence-corrected chi connectivity index (χ1v) is 9.12. The van der Waals surface area contributed by atoms with Crippen molar-refractivity contribution in [1.29, 1.82) is 0 Å². The minimum absolute atomic E-state index is 0.0898. The lowest BCUT2D eigenvalue weighted by Gasteiger charge is -2.20. The van der Waals surface area contributed by atoms with Crippen molar-refractivity contribution in [3.63, 3.8) is 0 Å². The lowest BCUT2D eigenvalue weighted by atomic mass is 10.2. The molecule has 4 rings (SSSR count). The Morgan fingerprint density at radius 1 is 1.06 bits per heavy atom. The van der Waals surface area contributed by atoms with Crippen molar-refractivity contribution < 1.29 is 26.7 Å². The molecule has 0 aliphatic heterocycles. The van der Waals surface area contributed by atoms with E-state index in [9.17, 15) is 26.7 Å². The van der Waals surface area contributed by atoms with Gasteiger partial charge in [0, 0.05) is 11.8 Å². The Morgan fingerprint density at radius 3 is 2.47 bits per heavy atom. The molecule has 1 amide bonds. The van der Waals surface area contributed by atoms with Crippen molar-refractivity contribution in [2.75, 3.05) is 5.32 Å². The van der Waals surface area contributed by atoms with E-state index in [0.717, 1.165) is 11.6 Å². The van der Waals surface area contributed by atoms with Crippen LogP contribution in [0.4, 0.5) is 27.9 Å². The minimum Gasteiger partial charge on any atom is -0.288 e. The molecule has 166 valence electrons. The SMILES string of the molecule is Cc1cc(C(F)(F)C(F)(F)F)n2nc(C(=O)Nc3ncn(Cc4ccccc4)n3)cc2n1. The number of amides is 1. The predicted molar refractivity (Wildman–Crippen MR) is 101 cm³/mol. The molecule has 1 aromatic carbocycles. The van der Waals surface area contributed by atoms with Gasteiger partial charge in [0.05, 0.1) is 6.54 Å². The summed E-state index contributed by atoms with van der Waals surface area (Å²) in [5, 5.41) is 10.0. The van der Waals surface area contributed by atoms with Crippen LogP contribution in [0.15, 0.2) is 48.8 Å². The number of carbonyl (C=O) groups is 1. The summed E-state index contributed by atoms with van der Waals surface area (Å²) in [4.78, 5) is 20.3. The van der Waals surface area contributed by atoms with Crippen molar-refractivity contribution in [1.82, 2.24) is 29.4 Å². The first kappa shape index (κ1) is 21.3. The summed E-state index contributed by atoms with van der Waals surface area (Å²) in [5.74, 6) is -6.18. The maximum Gasteiger partial charge on any atom is 0.459 e. The molecule has 0 radical (unpaired) electrons. The molecule has 0 aliphatic rings. The average Bonchev–Trinajstić information content (AvgIpc) is 3.34. The molecule has 0 atom stereocenters. The molecule has 13 heteroatoms. The van der Waals surface area contributed by atoms with Gasteiger partial charge in [0.15, 0.2) is 11.3 Å². The smallest absolute Gasteiger partial charge is 0.288 e. The quantitative estimate of drug-likeness (QED) is 0.469. The maximum atomic E-state index is 14.0. The molecule has 3 aromatic heterocycles. The largest absolute Gasteiger partial charge is 0.459 e. The average molecular weight is 451 g/mol. The van der Waals surface area contributed by atoms with Crippen LogP contribution in [0, 0.1) is 6.92 Å². The van der Waals surface area contributed by atoms with Crippen LogP contribution in [-0.2, 0) is 12.5 Å². The number of hydrogen-bond donors (Lipinski definition) is 1. The Bertz CT molecular complexity index is 1280. The number of rotatable bonds is 5. The van der Waals surface area contributed by atoms with E-state index in [1.54, 1.807) is 0 Å². The Kier molecular flexibility index (Phi) is 5.11. The maximum absolute atomic E-state index is 14.0. The number of fused-ring (bicyclic) bond motifs is 1. The lowest BCUT2D eigenvalue weighted by molar-refractivity contribution is -0.291. The third-order valence-corrected chi connectivity index (χ3v) is 4.41. The number of nitrogens with zero attached hydrogens (tertiary/aromatic N) is 6. The van der Waals surface area contributed by atoms with Gasteiger partial charge < -0.3 is 0 Å². The predicted octanol–water partition coefficient (Wildman–Crippen LogP) is 3.58. The Balaban J connectivity index is 1.59. The Hall–Kier alpha value is -3.90. The van der Waals surface area contributed by atoms with E-state index in [-0.39, 0.29) is 17.3 Å². The third kappa shape index (κ3) is 4.00. The Morgan fingerprint density at radius 2 is 1.78 bits per heavy atom. The zero-order valence-corrected chi connectivity index (χ0v) is 16.3. The van der Waals surface area contributed by atoms with Gasteiger partial charge in [-0.25, -0.2) is 19.2 Å². The molecule has 0 saturated heterocycles. The number of carbonyl (C=O) groups excluding carboxylic acids is 1. The van der Waals surface area contributed by atoms with Crippen molar-refractivity contribution in [3.05, 3.63) is 71.4 Å². The van der Waals surface area contributed by atoms with Crippen LogP contribution < -0.4 is 5.32 Å². The Labute approximate surface area is 176 Å². The van der Waals surface area contributed by atoms with Crippen LogP contribution in [0.5, 0.6) is 0 Å². The molecule has 0 aliphatic carbocycles. The van der Waals surface area contributed by atoms with Gasteiger partial charge in [0.25, 0.3) is 5.91 Å². The zero-order chi connectivity index (χ0) is 23.1. The molecule has 0 fully saturated rings. The molecule has 0 bridgehead atoms. The second-order valence-electron chi connectivity index (χ2n) is 6.86. The number of aromatic nitrogens is 6. The fourth-order valence-electron chi connectivity index (χ4n) is 2.94. The molecule has 1 N–H and O–H groups in total. The minimum atomic E-state index is -5.85. The highest BCUT2D eigenvalue weighted by molar-refractivity contribution is 6.02. The molecular weight excluding hydrogens is 437 g/mol. The summed E-state index contributed by atoms with van der Waals surface area (Å²) in [6, 6.07) is 10.9. The summed E-state index contributed by atoms with van der Waals surface area (Å²) >= 11 is 0. The second kappa shape index (κ2) is 7.66. The van der Waals surface area contributed by atoms with Gasteiger partial charge in [-0.05, 0) is 18.6 Å². The topological polar surface area (TPSA) is 90.0 Å². The number of alkyl halides is 5. The van der Waals surface area contributed by atoms with E-state index in [1.165, 1.54) is 17.9 Å². The summed E-state index contributed by atoms with van der Waals surface area (Å²) < 4.78 is 68.4. The number of nitrogens with one attached hydrogen (secondary N) is 1. The molecule has 0 spiro atoms. The normalized spacial score (nSPS) is 12.3. The van der Waals surface area contributed by atoms with E-state index in [2.05, 4.69) is 25.5 Å². The second-order valence-corrected chi connectivity index (χ2v) is 6.86. The van der Waals surface area contributed by atoms with Crippen molar-refractivity contribution in [3.8, 4) is 0 Å². The highest BCUT2D eigenvalue weighted by atomic mass is 19.4. The number of anilines is 1. The first-order valence-electron chi connectivity index (χ1n) is 9.12. The van der Waals surface area contributed by atoms with Crippen molar-refractivity contribution in [2.45, 2.75) is 25.6 Å². The molecule has 0 saturated carbocycles. The fraction of sp³-hybridized carbons (Fsp3) is 0.211. The molecule has 4 aromatic rings. The van der Waals surface area contributed by atoms with Gasteiger partial charge in [0.1, 0.15) is 12.0 Å². The molecule has 0 unspecified atom stereocenters. The van der Waals surface area contributed by atoms with E-state index < -0.39 is 29.4 Å². The number of aryl methyl sites for hydroxylation is 1. The van der Waals surface area contributed by atoms with Crippen LogP contribution in [0.25, 0.3) is 5.65 Å². The van der Waals surface area contributed by atoms with E-state index in [0.29, 0.717) is 17.1 Å². The fourth-order valence-corrected chi connectivity index (χ4v) is 2.94. The van der Waals surface area contributed by atoms with Gasteiger partial charge in [-0.3, -0.25) is 10.1 Å². The van der Waals surface area contributed by atoms with Crippen LogP contribution >= 0.6 is 0 Å². The van der Waals surface area contributed by atoms with Crippen LogP contribution in [0.3, 0.4) is 0 Å². The van der Waals surface area contributed by atoms with E-state index in [4.69, 9.17) is 0 Å². The number of halogens is 5. The molecule has 8 nitrogen and oxygen atoms in total. The first-order chi connectivity index (χ1) is 15.0. The van der Waals surface area contributed by atoms with Gasteiger partial charge >= 0.3 is 12.1 Å². The molecule has 3 heterocycles. The lowest BCUT2D eigenvalue weighted by Crippen LogP contribution is -2.36. The van der Waals surface area contributed by atoms with Gasteiger partial charge in [0.2, 0.25) is 5.95 Å². The van der Waals surface area contributed by atoms with Crippen molar-refractivity contribution >= 4 is 17.5 Å². The van der Waals surface area contributed by atoms with Gasteiger partial charge in [-0.1, -0.05) is 30.3 Å². The molecular formula is C19H14F5N7O. The standard InChI is InChI=1S/C19H14F5N7O/c1-11-7-14(18(20,21)19(22,23)24)31-15(26-11)8-13(28-31)16(32)27-17-25-10-30(29-17)9-12-5-3-2-4-6-12/h2-8,10H,9H2,1H3,(H,27,29,32). The number of benzene rings is 1. The van der Waals surface area contributed by atoms with Crippen LogP contribution in [0.2, 0.25) is 0 Å². The van der Waals surface area contributed by atoms with E-state index in [1.807, 2.05) is 30.3 Å². The van der Waals surface area contributed by atoms with Crippen LogP contribution in [-0.4, -0.2) is 41.4 Å². The monoisotopic (exact) mass is 451 g/mol. The highest BCUT2D eigenvalue weighted by Crippen LogP contribution is 2.43. The van der Waals surface area contributed by atoms with E-state index >= 15 is 0 Å². The zero-order valence-electron chi connectivity index (χ0n) is 16.3.